The van der Waals surface area contributed by atoms with E-state index < -0.39 is 6.10 Å². The van der Waals surface area contributed by atoms with Crippen molar-refractivity contribution in [3.8, 4) is 5.75 Å². The van der Waals surface area contributed by atoms with E-state index in [1.165, 1.54) is 12.1 Å². The van der Waals surface area contributed by atoms with Gasteiger partial charge >= 0.3 is 0 Å². The quantitative estimate of drug-likeness (QED) is 0.837. The largest absolute Gasteiger partial charge is 0.487 e. The summed E-state index contributed by atoms with van der Waals surface area (Å²) in [6, 6.07) is 4.47. The van der Waals surface area contributed by atoms with Crippen molar-refractivity contribution in [2.45, 2.75) is 44.8 Å². The van der Waals surface area contributed by atoms with Crippen LogP contribution in [-0.4, -0.2) is 17.3 Å². The number of ether oxygens (including phenoxy) is 1. The maximum Gasteiger partial charge on any atom is 0.124 e. The Bertz CT molecular complexity index is 365. The van der Waals surface area contributed by atoms with Gasteiger partial charge in [-0.05, 0) is 49.9 Å². The molecule has 0 saturated heterocycles. The monoisotopic (exact) mass is 224 g/mol. The predicted molar refractivity (Wildman–Crippen MR) is 60.0 cm³/mol. The highest BCUT2D eigenvalue weighted by Gasteiger charge is 2.24. The summed E-state index contributed by atoms with van der Waals surface area (Å²) in [7, 11) is 0. The molecule has 1 N–H and O–H groups in total. The molecule has 1 aliphatic carbocycles. The van der Waals surface area contributed by atoms with Gasteiger partial charge in [-0.1, -0.05) is 6.42 Å². The molecule has 2 atom stereocenters. The number of aliphatic hydroxyl groups is 1. The van der Waals surface area contributed by atoms with Crippen LogP contribution in [0.1, 0.15) is 31.2 Å². The SMILES string of the molecule is Cc1cc(F)ccc1O[C@H]1CCCC[C@@H]1O. The van der Waals surface area contributed by atoms with Crippen molar-refractivity contribution in [3.63, 3.8) is 0 Å². The molecule has 3 heteroatoms. The fourth-order valence-corrected chi connectivity index (χ4v) is 2.12. The van der Waals surface area contributed by atoms with Crippen LogP contribution in [0.5, 0.6) is 5.75 Å². The van der Waals surface area contributed by atoms with Crippen molar-refractivity contribution < 1.29 is 14.2 Å². The first-order valence-electron chi connectivity index (χ1n) is 5.77. The van der Waals surface area contributed by atoms with E-state index in [9.17, 15) is 9.50 Å². The van der Waals surface area contributed by atoms with Crippen LogP contribution >= 0.6 is 0 Å². The molecular formula is C13H17FO2. The fraction of sp³-hybridized carbons (Fsp3) is 0.538. The minimum absolute atomic E-state index is 0.141. The van der Waals surface area contributed by atoms with Crippen molar-refractivity contribution in [1.82, 2.24) is 0 Å². The van der Waals surface area contributed by atoms with E-state index in [2.05, 4.69) is 0 Å². The summed E-state index contributed by atoms with van der Waals surface area (Å²) in [5.74, 6) is 0.418. The van der Waals surface area contributed by atoms with Gasteiger partial charge in [-0.15, -0.1) is 0 Å². The van der Waals surface area contributed by atoms with Gasteiger partial charge < -0.3 is 9.84 Å². The van der Waals surface area contributed by atoms with E-state index in [-0.39, 0.29) is 11.9 Å². The van der Waals surface area contributed by atoms with E-state index in [0.717, 1.165) is 31.2 Å². The van der Waals surface area contributed by atoms with Gasteiger partial charge in [0.1, 0.15) is 17.7 Å². The number of benzene rings is 1. The Morgan fingerprint density at radius 2 is 2.06 bits per heavy atom. The topological polar surface area (TPSA) is 29.5 Å². The Morgan fingerprint density at radius 1 is 1.31 bits per heavy atom. The van der Waals surface area contributed by atoms with Crippen molar-refractivity contribution in [2.24, 2.45) is 0 Å². The molecule has 1 saturated carbocycles. The molecule has 0 spiro atoms. The maximum atomic E-state index is 12.9. The molecule has 88 valence electrons. The van der Waals surface area contributed by atoms with Crippen molar-refractivity contribution in [2.75, 3.05) is 0 Å². The van der Waals surface area contributed by atoms with Crippen LogP contribution in [-0.2, 0) is 0 Å². The lowest BCUT2D eigenvalue weighted by atomic mass is 9.95. The Labute approximate surface area is 95.1 Å². The summed E-state index contributed by atoms with van der Waals surface area (Å²) < 4.78 is 18.6. The van der Waals surface area contributed by atoms with Gasteiger partial charge in [-0.3, -0.25) is 0 Å². The van der Waals surface area contributed by atoms with Crippen molar-refractivity contribution in [1.29, 1.82) is 0 Å². The first-order valence-corrected chi connectivity index (χ1v) is 5.77. The van der Waals surface area contributed by atoms with E-state index in [4.69, 9.17) is 4.74 Å². The first kappa shape index (κ1) is 11.4. The highest BCUT2D eigenvalue weighted by atomic mass is 19.1. The molecule has 0 amide bonds. The summed E-state index contributed by atoms with van der Waals surface area (Å²) >= 11 is 0. The van der Waals surface area contributed by atoms with Gasteiger partial charge in [-0.2, -0.15) is 0 Å². The molecule has 1 fully saturated rings. The average Bonchev–Trinajstić information content (AvgIpc) is 2.25. The van der Waals surface area contributed by atoms with Gasteiger partial charge in [0.05, 0.1) is 6.10 Å². The Hall–Kier alpha value is -1.09. The number of rotatable bonds is 2. The van der Waals surface area contributed by atoms with Crippen LogP contribution in [0.4, 0.5) is 4.39 Å². The van der Waals surface area contributed by atoms with Crippen molar-refractivity contribution in [3.05, 3.63) is 29.6 Å². The van der Waals surface area contributed by atoms with Gasteiger partial charge in [-0.25, -0.2) is 4.39 Å². The Kier molecular flexibility index (Phi) is 3.44. The van der Waals surface area contributed by atoms with Crippen LogP contribution in [0.15, 0.2) is 18.2 Å². The van der Waals surface area contributed by atoms with Crippen LogP contribution in [0, 0.1) is 12.7 Å². The number of hydrogen-bond acceptors (Lipinski definition) is 2. The highest BCUT2D eigenvalue weighted by molar-refractivity contribution is 5.32. The number of aryl methyl sites for hydroxylation is 1. The molecule has 2 nitrogen and oxygen atoms in total. The normalized spacial score (nSPS) is 25.4. The molecule has 1 aromatic rings. The van der Waals surface area contributed by atoms with Gasteiger partial charge in [0.2, 0.25) is 0 Å². The van der Waals surface area contributed by atoms with Crippen molar-refractivity contribution >= 4 is 0 Å². The molecule has 16 heavy (non-hydrogen) atoms. The number of halogens is 1. The Balaban J connectivity index is 2.07. The second-order valence-electron chi connectivity index (χ2n) is 4.42. The van der Waals surface area contributed by atoms with E-state index in [1.807, 2.05) is 6.92 Å². The van der Waals surface area contributed by atoms with Gasteiger partial charge in [0.15, 0.2) is 0 Å². The molecule has 0 unspecified atom stereocenters. The molecule has 1 aliphatic rings. The summed E-state index contributed by atoms with van der Waals surface area (Å²) in [6.07, 6.45) is 3.28. The second-order valence-corrected chi connectivity index (χ2v) is 4.42. The van der Waals surface area contributed by atoms with Gasteiger partial charge in [0, 0.05) is 0 Å². The van der Waals surface area contributed by atoms with E-state index in [0.29, 0.717) is 5.75 Å². The summed E-state index contributed by atoms with van der Waals surface area (Å²) in [5, 5.41) is 9.78. The van der Waals surface area contributed by atoms with Gasteiger partial charge in [0.25, 0.3) is 0 Å². The lowest BCUT2D eigenvalue weighted by molar-refractivity contribution is 0.00651. The predicted octanol–water partition coefficient (Wildman–Crippen LogP) is 2.82. The standard InChI is InChI=1S/C13H17FO2/c1-9-8-10(14)6-7-12(9)16-13-5-3-2-4-11(13)15/h6-8,11,13,15H,2-5H2,1H3/t11-,13-/m0/s1. The summed E-state index contributed by atoms with van der Waals surface area (Å²) in [4.78, 5) is 0. The molecule has 0 aliphatic heterocycles. The van der Waals surface area contributed by atoms with Crippen LogP contribution < -0.4 is 4.74 Å². The summed E-state index contributed by atoms with van der Waals surface area (Å²) in [5.41, 5.74) is 0.776. The third kappa shape index (κ3) is 2.53. The Morgan fingerprint density at radius 3 is 2.75 bits per heavy atom. The number of aliphatic hydroxyl groups excluding tert-OH is 1. The number of hydrogen-bond donors (Lipinski definition) is 1. The van der Waals surface area contributed by atoms with E-state index >= 15 is 0 Å². The zero-order chi connectivity index (χ0) is 11.5. The van der Waals surface area contributed by atoms with Crippen LogP contribution in [0.25, 0.3) is 0 Å². The molecule has 0 radical (unpaired) electrons. The zero-order valence-electron chi connectivity index (χ0n) is 9.45. The highest BCUT2D eigenvalue weighted by Crippen LogP contribution is 2.26. The third-order valence-corrected chi connectivity index (χ3v) is 3.08. The average molecular weight is 224 g/mol. The second kappa shape index (κ2) is 4.83. The van der Waals surface area contributed by atoms with Crippen LogP contribution in [0.2, 0.25) is 0 Å². The molecule has 0 bridgehead atoms. The summed E-state index contributed by atoms with van der Waals surface area (Å²) in [6.45, 7) is 1.81. The fourth-order valence-electron chi connectivity index (χ4n) is 2.12. The zero-order valence-corrected chi connectivity index (χ0v) is 9.45. The maximum absolute atomic E-state index is 12.9. The van der Waals surface area contributed by atoms with E-state index in [1.54, 1.807) is 6.07 Å². The lowest BCUT2D eigenvalue weighted by Crippen LogP contribution is -2.34. The minimum Gasteiger partial charge on any atom is -0.487 e. The molecule has 2 rings (SSSR count). The minimum atomic E-state index is -0.391. The molecule has 1 aromatic carbocycles. The molecule has 0 aromatic heterocycles. The van der Waals surface area contributed by atoms with Crippen LogP contribution in [0.3, 0.4) is 0 Å². The molecule has 0 heterocycles. The third-order valence-electron chi connectivity index (χ3n) is 3.08. The lowest BCUT2D eigenvalue weighted by Gasteiger charge is -2.28. The first-order chi connectivity index (χ1) is 7.66. The smallest absolute Gasteiger partial charge is 0.124 e. The molecular weight excluding hydrogens is 207 g/mol.